The van der Waals surface area contributed by atoms with Crippen LogP contribution in [0.1, 0.15) is 22.7 Å². The van der Waals surface area contributed by atoms with E-state index in [1.807, 2.05) is 82.4 Å². The van der Waals surface area contributed by atoms with Gasteiger partial charge in [-0.25, -0.2) is 4.98 Å². The summed E-state index contributed by atoms with van der Waals surface area (Å²) in [6.07, 6.45) is 8.24. The van der Waals surface area contributed by atoms with E-state index in [2.05, 4.69) is 9.97 Å². The van der Waals surface area contributed by atoms with Crippen LogP contribution in [0.3, 0.4) is 0 Å². The predicted molar refractivity (Wildman–Crippen MR) is 122 cm³/mol. The molecule has 0 spiro atoms. The van der Waals surface area contributed by atoms with E-state index in [4.69, 9.17) is 4.74 Å². The van der Waals surface area contributed by atoms with Gasteiger partial charge in [0.25, 0.3) is 0 Å². The van der Waals surface area contributed by atoms with E-state index in [1.54, 1.807) is 12.4 Å². The van der Waals surface area contributed by atoms with Crippen LogP contribution < -0.4 is 0 Å². The molecule has 0 radical (unpaired) electrons. The Morgan fingerprint density at radius 2 is 1.75 bits per heavy atom. The second kappa shape index (κ2) is 9.32. The number of amides is 1. The van der Waals surface area contributed by atoms with Crippen LogP contribution in [0, 0.1) is 5.92 Å². The second-order valence-electron chi connectivity index (χ2n) is 8.26. The normalized spacial score (nSPS) is 16.9. The zero-order valence-corrected chi connectivity index (χ0v) is 17.9. The molecule has 0 aliphatic carbocycles. The number of hydrogen-bond donors (Lipinski definition) is 0. The maximum atomic E-state index is 13.8. The van der Waals surface area contributed by atoms with Gasteiger partial charge in [-0.15, -0.1) is 0 Å². The van der Waals surface area contributed by atoms with Crippen molar-refractivity contribution < 1.29 is 9.53 Å². The summed E-state index contributed by atoms with van der Waals surface area (Å²) in [6, 6.07) is 20.1. The molecule has 6 nitrogen and oxygen atoms in total. The Bertz CT molecular complexity index is 1140. The monoisotopic (exact) mass is 426 g/mol. The fourth-order valence-corrected chi connectivity index (χ4v) is 4.42. The van der Waals surface area contributed by atoms with Gasteiger partial charge < -0.3 is 14.0 Å². The highest BCUT2D eigenvalue weighted by Crippen LogP contribution is 2.28. The molecule has 0 saturated carbocycles. The highest BCUT2D eigenvalue weighted by Gasteiger charge is 2.30. The summed E-state index contributed by atoms with van der Waals surface area (Å²) in [5.41, 5.74) is 3.83. The second-order valence-corrected chi connectivity index (χ2v) is 8.26. The van der Waals surface area contributed by atoms with E-state index >= 15 is 0 Å². The van der Waals surface area contributed by atoms with E-state index in [0.717, 1.165) is 28.9 Å². The molecular formula is C26H26N4O2. The smallest absolute Gasteiger partial charge is 0.234 e. The molecule has 32 heavy (non-hydrogen) atoms. The maximum Gasteiger partial charge on any atom is 0.234 e. The molecule has 1 atom stereocenters. The molecule has 1 unspecified atom stereocenters. The summed E-state index contributed by atoms with van der Waals surface area (Å²) in [7, 11) is 0. The summed E-state index contributed by atoms with van der Waals surface area (Å²) >= 11 is 0. The molecule has 0 bridgehead atoms. The largest absolute Gasteiger partial charge is 0.379 e. The lowest BCUT2D eigenvalue weighted by molar-refractivity contribution is -0.132. The van der Waals surface area contributed by atoms with Crippen molar-refractivity contribution >= 4 is 11.6 Å². The number of ether oxygens (including phenoxy) is 1. The highest BCUT2D eigenvalue weighted by atomic mass is 16.5. The molecule has 162 valence electrons. The van der Waals surface area contributed by atoms with Crippen LogP contribution in [-0.2, 0) is 16.0 Å². The van der Waals surface area contributed by atoms with E-state index in [9.17, 15) is 4.79 Å². The molecule has 1 amide bonds. The van der Waals surface area contributed by atoms with Gasteiger partial charge in [-0.1, -0.05) is 60.7 Å². The lowest BCUT2D eigenvalue weighted by atomic mass is 9.89. The summed E-state index contributed by atoms with van der Waals surface area (Å²) in [5, 5.41) is 0. The first kappa shape index (κ1) is 20.4. The molecule has 1 saturated heterocycles. The number of hydrogen-bond acceptors (Lipinski definition) is 4. The third-order valence-corrected chi connectivity index (χ3v) is 5.99. The van der Waals surface area contributed by atoms with E-state index in [0.29, 0.717) is 26.3 Å². The Kier molecular flexibility index (Phi) is 5.94. The summed E-state index contributed by atoms with van der Waals surface area (Å²) in [6.45, 7) is 2.42. The highest BCUT2D eigenvalue weighted by molar-refractivity contribution is 5.87. The van der Waals surface area contributed by atoms with Crippen LogP contribution in [0.4, 0.5) is 0 Å². The number of aromatic nitrogens is 3. The molecular weight excluding hydrogens is 400 g/mol. The van der Waals surface area contributed by atoms with Gasteiger partial charge in [0, 0.05) is 37.6 Å². The van der Waals surface area contributed by atoms with E-state index in [-0.39, 0.29) is 17.7 Å². The van der Waals surface area contributed by atoms with Crippen LogP contribution in [-0.4, -0.2) is 51.5 Å². The Labute approximate surface area is 187 Å². The van der Waals surface area contributed by atoms with Gasteiger partial charge in [0.05, 0.1) is 31.0 Å². The topological polar surface area (TPSA) is 59.7 Å². The van der Waals surface area contributed by atoms with Crippen molar-refractivity contribution in [2.75, 3.05) is 26.3 Å². The summed E-state index contributed by atoms with van der Waals surface area (Å²) in [4.78, 5) is 24.6. The molecule has 3 heterocycles. The molecule has 0 N–H and O–H groups in total. The van der Waals surface area contributed by atoms with Crippen molar-refractivity contribution in [3.63, 3.8) is 0 Å². The van der Waals surface area contributed by atoms with Crippen LogP contribution >= 0.6 is 0 Å². The lowest BCUT2D eigenvalue weighted by Crippen LogP contribution is -2.39. The predicted octanol–water partition coefficient (Wildman–Crippen LogP) is 3.58. The zero-order chi connectivity index (χ0) is 21.8. The minimum absolute atomic E-state index is 0.121. The number of fused-ring (bicyclic) bond motifs is 1. The zero-order valence-electron chi connectivity index (χ0n) is 17.9. The fraction of sp³-hybridized carbons (Fsp3) is 0.269. The number of carbonyl (C=O) groups is 1. The van der Waals surface area contributed by atoms with E-state index in [1.165, 1.54) is 0 Å². The Morgan fingerprint density at radius 3 is 2.47 bits per heavy atom. The quantitative estimate of drug-likeness (QED) is 0.489. The van der Waals surface area contributed by atoms with Crippen molar-refractivity contribution in [1.29, 1.82) is 0 Å². The van der Waals surface area contributed by atoms with Gasteiger partial charge in [0.1, 0.15) is 0 Å². The van der Waals surface area contributed by atoms with Crippen molar-refractivity contribution in [3.05, 3.63) is 102 Å². The van der Waals surface area contributed by atoms with Gasteiger partial charge in [-0.05, 0) is 17.5 Å². The molecule has 2 aromatic carbocycles. The molecule has 2 aromatic heterocycles. The van der Waals surface area contributed by atoms with Crippen molar-refractivity contribution in [3.8, 4) is 0 Å². The lowest BCUT2D eigenvalue weighted by Gasteiger charge is -2.28. The number of benzene rings is 2. The number of nitrogens with zero attached hydrogens (tertiary/aromatic N) is 4. The van der Waals surface area contributed by atoms with Crippen LogP contribution in [0.5, 0.6) is 0 Å². The van der Waals surface area contributed by atoms with Crippen molar-refractivity contribution in [1.82, 2.24) is 19.3 Å². The standard InChI is InChI=1S/C26H26N4O2/c31-26(25(21-7-3-1-4-8-21)22-9-5-2-6-10-22)30-13-14-32-19-20(17-30)15-23-18-29-12-11-27-24(29)16-28-23/h1-12,16,18,20,25H,13-15,17,19H2. The van der Waals surface area contributed by atoms with Gasteiger partial charge in [-0.3, -0.25) is 9.78 Å². The number of rotatable bonds is 5. The average Bonchev–Trinajstić information content (AvgIpc) is 3.18. The first-order valence-electron chi connectivity index (χ1n) is 11.0. The van der Waals surface area contributed by atoms with Gasteiger partial charge in [0.2, 0.25) is 5.91 Å². The summed E-state index contributed by atoms with van der Waals surface area (Å²) < 4.78 is 7.86. The first-order chi connectivity index (χ1) is 15.8. The van der Waals surface area contributed by atoms with Crippen LogP contribution in [0.15, 0.2) is 85.5 Å². The fourth-order valence-electron chi connectivity index (χ4n) is 4.42. The minimum Gasteiger partial charge on any atom is -0.379 e. The average molecular weight is 427 g/mol. The van der Waals surface area contributed by atoms with Crippen molar-refractivity contribution in [2.45, 2.75) is 12.3 Å². The van der Waals surface area contributed by atoms with E-state index < -0.39 is 0 Å². The Morgan fingerprint density at radius 1 is 1.03 bits per heavy atom. The maximum absolute atomic E-state index is 13.8. The summed E-state index contributed by atoms with van der Waals surface area (Å²) in [5.74, 6) is -0.0189. The first-order valence-corrected chi connectivity index (χ1v) is 11.0. The third-order valence-electron chi connectivity index (χ3n) is 5.99. The minimum atomic E-state index is -0.323. The number of carbonyl (C=O) groups excluding carboxylic acids is 1. The van der Waals surface area contributed by atoms with Crippen LogP contribution in [0.25, 0.3) is 5.65 Å². The molecule has 1 fully saturated rings. The van der Waals surface area contributed by atoms with Gasteiger partial charge in [-0.2, -0.15) is 0 Å². The third kappa shape index (κ3) is 4.41. The molecule has 1 aliphatic heterocycles. The Hall–Kier alpha value is -3.51. The van der Waals surface area contributed by atoms with Crippen LogP contribution in [0.2, 0.25) is 0 Å². The molecule has 1 aliphatic rings. The van der Waals surface area contributed by atoms with Gasteiger partial charge in [0.15, 0.2) is 5.65 Å². The molecule has 5 rings (SSSR count). The molecule has 4 aromatic rings. The van der Waals surface area contributed by atoms with Crippen molar-refractivity contribution in [2.24, 2.45) is 5.92 Å². The molecule has 6 heteroatoms. The SMILES string of the molecule is O=C(C(c1ccccc1)c1ccccc1)N1CCOCC(Cc2cn3ccnc3cn2)C1. The number of imidazole rings is 1. The van der Waals surface area contributed by atoms with Gasteiger partial charge >= 0.3 is 0 Å². The Balaban J connectivity index is 1.38.